The van der Waals surface area contributed by atoms with Crippen LogP contribution in [0.3, 0.4) is 0 Å². The van der Waals surface area contributed by atoms with Gasteiger partial charge in [0, 0.05) is 11.6 Å². The number of thiophene rings is 1. The molecule has 0 N–H and O–H groups in total. The molecule has 2 aromatic rings. The maximum Gasteiger partial charge on any atom is 0.0880 e. The van der Waals surface area contributed by atoms with Gasteiger partial charge in [0.2, 0.25) is 0 Å². The van der Waals surface area contributed by atoms with Gasteiger partial charge in [0.25, 0.3) is 0 Å². The topological polar surface area (TPSA) is 24.7 Å². The van der Waals surface area contributed by atoms with E-state index in [2.05, 4.69) is 58.0 Å². The monoisotopic (exact) mass is 254 g/mol. The van der Waals surface area contributed by atoms with Gasteiger partial charge in [0.05, 0.1) is 10.6 Å². The summed E-state index contributed by atoms with van der Waals surface area (Å²) in [7, 11) is 0. The minimum atomic E-state index is 0.336. The molecule has 0 saturated carbocycles. The Morgan fingerprint density at radius 1 is 1.06 bits per heavy atom. The van der Waals surface area contributed by atoms with Crippen molar-refractivity contribution in [2.75, 3.05) is 0 Å². The molecule has 0 aliphatic carbocycles. The summed E-state index contributed by atoms with van der Waals surface area (Å²) >= 11 is 1.73. The van der Waals surface area contributed by atoms with Crippen molar-refractivity contribution in [3.05, 3.63) is 58.3 Å². The number of rotatable bonds is 2. The van der Waals surface area contributed by atoms with Crippen LogP contribution >= 0.6 is 11.3 Å². The first-order valence-corrected chi connectivity index (χ1v) is 6.92. The van der Waals surface area contributed by atoms with E-state index in [-0.39, 0.29) is 0 Å². The number of hydrogen-bond donors (Lipinski definition) is 0. The van der Waals surface area contributed by atoms with Crippen LogP contribution in [0.15, 0.2) is 58.0 Å². The van der Waals surface area contributed by atoms with Gasteiger partial charge >= 0.3 is 0 Å². The Morgan fingerprint density at radius 3 is 2.61 bits per heavy atom. The van der Waals surface area contributed by atoms with Gasteiger partial charge in [0.1, 0.15) is 0 Å². The highest BCUT2D eigenvalue weighted by Gasteiger charge is 2.24. The zero-order valence-corrected chi connectivity index (χ0v) is 11.0. The molecule has 0 fully saturated rings. The molecule has 0 bridgehead atoms. The third-order valence-electron chi connectivity index (χ3n) is 3.13. The Balaban J connectivity index is 2.03. The third-order valence-corrected chi connectivity index (χ3v) is 4.03. The van der Waals surface area contributed by atoms with Gasteiger partial charge in [0.15, 0.2) is 0 Å². The number of nitrogens with zero attached hydrogens (tertiary/aromatic N) is 2. The first kappa shape index (κ1) is 11.4. The van der Waals surface area contributed by atoms with E-state index in [1.54, 1.807) is 11.3 Å². The molecule has 1 atom stereocenters. The lowest BCUT2D eigenvalue weighted by Gasteiger charge is -2.21. The maximum atomic E-state index is 4.43. The summed E-state index contributed by atoms with van der Waals surface area (Å²) in [6.07, 6.45) is 0.959. The third kappa shape index (κ3) is 2.14. The molecule has 1 aliphatic heterocycles. The standard InChI is InChI=1S/C15H14N2S/c1-11-10-13(12-6-3-2-4-7-12)15(17-16-11)14-8-5-9-18-14/h2-9,13H,10H2,1H3. The molecule has 1 aromatic carbocycles. The van der Waals surface area contributed by atoms with Crippen molar-refractivity contribution < 1.29 is 0 Å². The summed E-state index contributed by atoms with van der Waals surface area (Å²) in [5, 5.41) is 10.8. The summed E-state index contributed by atoms with van der Waals surface area (Å²) in [5.74, 6) is 0.336. The molecule has 1 aliphatic rings. The van der Waals surface area contributed by atoms with Crippen LogP contribution in [-0.4, -0.2) is 11.4 Å². The van der Waals surface area contributed by atoms with Crippen LogP contribution in [0, 0.1) is 0 Å². The van der Waals surface area contributed by atoms with Gasteiger partial charge in [-0.3, -0.25) is 0 Å². The van der Waals surface area contributed by atoms with Crippen LogP contribution in [0.4, 0.5) is 0 Å². The smallest absolute Gasteiger partial charge is 0.0880 e. The molecule has 2 nitrogen and oxygen atoms in total. The summed E-state index contributed by atoms with van der Waals surface area (Å²) < 4.78 is 0. The minimum Gasteiger partial charge on any atom is -0.160 e. The van der Waals surface area contributed by atoms with Crippen LogP contribution in [0.2, 0.25) is 0 Å². The molecule has 90 valence electrons. The molecule has 3 rings (SSSR count). The lowest BCUT2D eigenvalue weighted by atomic mass is 9.88. The van der Waals surface area contributed by atoms with Gasteiger partial charge in [-0.25, -0.2) is 0 Å². The average Bonchev–Trinajstić information content (AvgIpc) is 2.93. The van der Waals surface area contributed by atoms with E-state index in [0.29, 0.717) is 5.92 Å². The highest BCUT2D eigenvalue weighted by Crippen LogP contribution is 2.30. The Hall–Kier alpha value is -1.74. The summed E-state index contributed by atoms with van der Waals surface area (Å²) in [6, 6.07) is 14.8. The van der Waals surface area contributed by atoms with Gasteiger partial charge in [-0.2, -0.15) is 10.2 Å². The lowest BCUT2D eigenvalue weighted by molar-refractivity contribution is 0.893. The predicted molar refractivity (Wildman–Crippen MR) is 77.8 cm³/mol. The molecule has 3 heteroatoms. The first-order valence-electron chi connectivity index (χ1n) is 6.04. The Kier molecular flexibility index (Phi) is 3.07. The largest absolute Gasteiger partial charge is 0.160 e. The van der Waals surface area contributed by atoms with E-state index in [1.165, 1.54) is 10.4 Å². The molecule has 0 saturated heterocycles. The predicted octanol–water partition coefficient (Wildman–Crippen LogP) is 4.10. The minimum absolute atomic E-state index is 0.336. The van der Waals surface area contributed by atoms with Crippen molar-refractivity contribution >= 4 is 22.8 Å². The van der Waals surface area contributed by atoms with Gasteiger partial charge in [-0.05, 0) is 30.4 Å². The summed E-state index contributed by atoms with van der Waals surface area (Å²) in [4.78, 5) is 1.22. The second-order valence-corrected chi connectivity index (χ2v) is 5.41. The van der Waals surface area contributed by atoms with E-state index in [1.807, 2.05) is 6.92 Å². The van der Waals surface area contributed by atoms with Crippen LogP contribution in [-0.2, 0) is 0 Å². The van der Waals surface area contributed by atoms with Crippen molar-refractivity contribution in [1.82, 2.24) is 0 Å². The molecule has 0 spiro atoms. The maximum absolute atomic E-state index is 4.43. The van der Waals surface area contributed by atoms with Gasteiger partial charge < -0.3 is 0 Å². The fraction of sp³-hybridized carbons (Fsp3) is 0.200. The lowest BCUT2D eigenvalue weighted by Crippen LogP contribution is -2.19. The molecule has 1 aromatic heterocycles. The van der Waals surface area contributed by atoms with Crippen molar-refractivity contribution in [3.8, 4) is 0 Å². The van der Waals surface area contributed by atoms with Crippen LogP contribution in [0.25, 0.3) is 0 Å². The highest BCUT2D eigenvalue weighted by molar-refractivity contribution is 7.12. The summed E-state index contributed by atoms with van der Waals surface area (Å²) in [5.41, 5.74) is 3.52. The quantitative estimate of drug-likeness (QED) is 0.771. The average molecular weight is 254 g/mol. The first-order chi connectivity index (χ1) is 8.84. The Bertz CT molecular complexity index is 582. The van der Waals surface area contributed by atoms with Crippen molar-refractivity contribution in [2.45, 2.75) is 19.3 Å². The fourth-order valence-corrected chi connectivity index (χ4v) is 3.01. The Morgan fingerprint density at radius 2 is 1.89 bits per heavy atom. The van der Waals surface area contributed by atoms with Crippen molar-refractivity contribution in [3.63, 3.8) is 0 Å². The van der Waals surface area contributed by atoms with Crippen LogP contribution in [0.5, 0.6) is 0 Å². The highest BCUT2D eigenvalue weighted by atomic mass is 32.1. The molecule has 18 heavy (non-hydrogen) atoms. The second-order valence-electron chi connectivity index (χ2n) is 4.47. The number of benzene rings is 1. The van der Waals surface area contributed by atoms with E-state index >= 15 is 0 Å². The zero-order chi connectivity index (χ0) is 12.4. The van der Waals surface area contributed by atoms with Crippen LogP contribution in [0.1, 0.15) is 29.7 Å². The van der Waals surface area contributed by atoms with Crippen molar-refractivity contribution in [2.24, 2.45) is 10.2 Å². The molecular weight excluding hydrogens is 240 g/mol. The van der Waals surface area contributed by atoms with Gasteiger partial charge in [-0.15, -0.1) is 11.3 Å². The van der Waals surface area contributed by atoms with Gasteiger partial charge in [-0.1, -0.05) is 36.4 Å². The second kappa shape index (κ2) is 4.86. The van der Waals surface area contributed by atoms with E-state index in [0.717, 1.165) is 17.8 Å². The molecular formula is C15H14N2S. The van der Waals surface area contributed by atoms with E-state index in [9.17, 15) is 0 Å². The van der Waals surface area contributed by atoms with E-state index in [4.69, 9.17) is 0 Å². The van der Waals surface area contributed by atoms with E-state index < -0.39 is 0 Å². The molecule has 1 unspecified atom stereocenters. The number of hydrogen-bond acceptors (Lipinski definition) is 3. The molecule has 0 amide bonds. The molecule has 0 radical (unpaired) electrons. The SMILES string of the molecule is CC1=NN=C(c2cccs2)C(c2ccccc2)C1. The molecule has 2 heterocycles. The normalized spacial score (nSPS) is 19.3. The Labute approximate surface area is 111 Å². The fourth-order valence-electron chi connectivity index (χ4n) is 2.25. The zero-order valence-electron chi connectivity index (χ0n) is 10.2. The summed E-state index contributed by atoms with van der Waals surface area (Å²) in [6.45, 7) is 2.05. The van der Waals surface area contributed by atoms with Crippen molar-refractivity contribution in [1.29, 1.82) is 0 Å². The van der Waals surface area contributed by atoms with Crippen LogP contribution < -0.4 is 0 Å².